The van der Waals surface area contributed by atoms with E-state index in [0.29, 0.717) is 47.0 Å². The van der Waals surface area contributed by atoms with Crippen molar-refractivity contribution in [3.63, 3.8) is 0 Å². The molecule has 0 amide bonds. The summed E-state index contributed by atoms with van der Waals surface area (Å²) in [6.45, 7) is 0. The molecule has 3 N–H and O–H groups in total. The van der Waals surface area contributed by atoms with Crippen LogP contribution in [0, 0.1) is 5.82 Å². The Hall–Kier alpha value is -4.17. The first kappa shape index (κ1) is 23.6. The summed E-state index contributed by atoms with van der Waals surface area (Å²) >= 11 is 6.09. The first-order valence-electron chi connectivity index (χ1n) is 11.4. The maximum atomic E-state index is 13.3. The molecule has 0 bridgehead atoms. The van der Waals surface area contributed by atoms with Crippen LogP contribution in [0.5, 0.6) is 5.88 Å². The summed E-state index contributed by atoms with van der Waals surface area (Å²) in [7, 11) is 0. The number of halogens is 2. The molecule has 5 rings (SSSR count). The first-order chi connectivity index (χ1) is 17.4. The van der Waals surface area contributed by atoms with Gasteiger partial charge in [0.2, 0.25) is 11.8 Å². The van der Waals surface area contributed by atoms with Crippen LogP contribution in [0.15, 0.2) is 66.7 Å². The molecule has 0 saturated heterocycles. The summed E-state index contributed by atoms with van der Waals surface area (Å²) in [4.78, 5) is 18.6. The molecule has 0 radical (unpaired) electrons. The number of aromatic hydroxyl groups is 1. The van der Waals surface area contributed by atoms with Crippen LogP contribution in [-0.2, 0) is 24.1 Å². The van der Waals surface area contributed by atoms with Crippen LogP contribution in [0.4, 0.5) is 4.39 Å². The molecule has 3 aromatic carbocycles. The number of aliphatic carboxylic acids is 1. The van der Waals surface area contributed by atoms with E-state index in [2.05, 4.69) is 15.1 Å². The zero-order valence-electron chi connectivity index (χ0n) is 19.1. The predicted octanol–water partition coefficient (Wildman–Crippen LogP) is 5.72. The topological polar surface area (TPSA) is 104 Å². The standard InChI is InChI=1S/C27H22ClFN4O3/c28-19-9-13-22-23(15-19)31-27(30-22)33-26(36)21(12-5-17-3-10-20(29)11-4-17)25(32-33)18-7-1-16(2-8-18)6-14-24(34)35/h1-4,7-11,13,15,36H,5-6,12,14H2,(H,30,31)(H,34,35). The van der Waals surface area contributed by atoms with Crippen molar-refractivity contribution in [3.8, 4) is 23.1 Å². The first-order valence-corrected chi connectivity index (χ1v) is 11.8. The molecule has 0 fully saturated rings. The second-order valence-electron chi connectivity index (χ2n) is 8.50. The number of nitrogens with zero attached hydrogens (tertiary/aromatic N) is 3. The zero-order valence-corrected chi connectivity index (χ0v) is 19.8. The van der Waals surface area contributed by atoms with E-state index in [4.69, 9.17) is 16.7 Å². The minimum absolute atomic E-state index is 0.0489. The SMILES string of the molecule is O=C(O)CCc1ccc(-c2nn(-c3nc4cc(Cl)ccc4[nH]3)c(O)c2CCc2ccc(F)cc2)cc1. The molecule has 0 saturated carbocycles. The molecule has 5 aromatic rings. The summed E-state index contributed by atoms with van der Waals surface area (Å²) in [5.41, 5.74) is 5.19. The van der Waals surface area contributed by atoms with Crippen LogP contribution in [-0.4, -0.2) is 35.9 Å². The number of H-pyrrole nitrogens is 1. The fraction of sp³-hybridized carbons (Fsp3) is 0.148. The molecule has 9 heteroatoms. The van der Waals surface area contributed by atoms with Crippen LogP contribution in [0.25, 0.3) is 28.2 Å². The van der Waals surface area contributed by atoms with Crippen molar-refractivity contribution in [1.82, 2.24) is 19.7 Å². The van der Waals surface area contributed by atoms with E-state index in [9.17, 15) is 14.3 Å². The van der Waals surface area contributed by atoms with E-state index in [1.54, 1.807) is 30.3 Å². The minimum atomic E-state index is -0.849. The number of fused-ring (bicyclic) bond motifs is 1. The Morgan fingerprint density at radius 1 is 0.972 bits per heavy atom. The van der Waals surface area contributed by atoms with Gasteiger partial charge in [-0.3, -0.25) is 4.79 Å². The number of rotatable bonds is 8. The third-order valence-corrected chi connectivity index (χ3v) is 6.26. The van der Waals surface area contributed by atoms with Crippen LogP contribution >= 0.6 is 11.6 Å². The molecule has 7 nitrogen and oxygen atoms in total. The molecule has 0 unspecified atom stereocenters. The highest BCUT2D eigenvalue weighted by atomic mass is 35.5. The van der Waals surface area contributed by atoms with Crippen LogP contribution in [0.3, 0.4) is 0 Å². The van der Waals surface area contributed by atoms with Crippen LogP contribution in [0.2, 0.25) is 5.02 Å². The van der Waals surface area contributed by atoms with Crippen molar-refractivity contribution in [2.24, 2.45) is 0 Å². The van der Waals surface area contributed by atoms with Gasteiger partial charge < -0.3 is 15.2 Å². The highest BCUT2D eigenvalue weighted by Crippen LogP contribution is 2.33. The number of hydrogen-bond donors (Lipinski definition) is 3. The lowest BCUT2D eigenvalue weighted by atomic mass is 9.99. The average Bonchev–Trinajstić information content (AvgIpc) is 3.43. The maximum Gasteiger partial charge on any atom is 0.303 e. The highest BCUT2D eigenvalue weighted by Gasteiger charge is 2.21. The van der Waals surface area contributed by atoms with Crippen LogP contribution in [0.1, 0.15) is 23.1 Å². The van der Waals surface area contributed by atoms with Crippen molar-refractivity contribution in [3.05, 3.63) is 94.3 Å². The van der Waals surface area contributed by atoms with Crippen molar-refractivity contribution in [1.29, 1.82) is 0 Å². The van der Waals surface area contributed by atoms with Gasteiger partial charge in [-0.2, -0.15) is 9.78 Å². The van der Waals surface area contributed by atoms with Gasteiger partial charge in [-0.05, 0) is 60.7 Å². The van der Waals surface area contributed by atoms with Gasteiger partial charge in [0.05, 0.1) is 11.0 Å². The second kappa shape index (κ2) is 9.83. The fourth-order valence-electron chi connectivity index (χ4n) is 4.12. The molecule has 0 aliphatic rings. The minimum Gasteiger partial charge on any atom is -0.493 e. The lowest BCUT2D eigenvalue weighted by Crippen LogP contribution is -1.98. The van der Waals surface area contributed by atoms with Crippen molar-refractivity contribution in [2.45, 2.75) is 25.7 Å². The Morgan fingerprint density at radius 3 is 2.39 bits per heavy atom. The molecule has 0 aliphatic carbocycles. The summed E-state index contributed by atoms with van der Waals surface area (Å²) in [6, 6.07) is 19.0. The highest BCUT2D eigenvalue weighted by molar-refractivity contribution is 6.31. The Kier molecular flexibility index (Phi) is 6.43. The molecule has 0 spiro atoms. The van der Waals surface area contributed by atoms with E-state index >= 15 is 0 Å². The number of aromatic amines is 1. The molecule has 2 heterocycles. The third kappa shape index (κ3) is 4.94. The monoisotopic (exact) mass is 504 g/mol. The van der Waals surface area contributed by atoms with Crippen molar-refractivity contribution < 1.29 is 19.4 Å². The number of nitrogens with one attached hydrogen (secondary N) is 1. The van der Waals surface area contributed by atoms with Gasteiger partial charge >= 0.3 is 5.97 Å². The molecular weight excluding hydrogens is 483 g/mol. The Labute approximate surface area is 210 Å². The zero-order chi connectivity index (χ0) is 25.2. The van der Waals surface area contributed by atoms with E-state index in [-0.39, 0.29) is 18.1 Å². The fourth-order valence-corrected chi connectivity index (χ4v) is 4.28. The van der Waals surface area contributed by atoms with Crippen molar-refractivity contribution in [2.75, 3.05) is 0 Å². The van der Waals surface area contributed by atoms with Gasteiger partial charge in [0.15, 0.2) is 0 Å². The molecule has 0 aliphatic heterocycles. The van der Waals surface area contributed by atoms with E-state index in [1.165, 1.54) is 16.8 Å². The number of benzene rings is 3. The predicted molar refractivity (Wildman–Crippen MR) is 135 cm³/mol. The third-order valence-electron chi connectivity index (χ3n) is 6.02. The number of imidazole rings is 1. The lowest BCUT2D eigenvalue weighted by Gasteiger charge is -2.05. The van der Waals surface area contributed by atoms with Crippen molar-refractivity contribution >= 4 is 28.6 Å². The second-order valence-corrected chi connectivity index (χ2v) is 8.94. The van der Waals surface area contributed by atoms with Gasteiger partial charge in [-0.15, -0.1) is 0 Å². The Morgan fingerprint density at radius 2 is 1.67 bits per heavy atom. The summed E-state index contributed by atoms with van der Waals surface area (Å²) in [5.74, 6) is -0.856. The molecule has 0 atom stereocenters. The van der Waals surface area contributed by atoms with Gasteiger partial charge in [0.1, 0.15) is 11.5 Å². The smallest absolute Gasteiger partial charge is 0.303 e. The lowest BCUT2D eigenvalue weighted by molar-refractivity contribution is -0.136. The van der Waals surface area contributed by atoms with Gasteiger partial charge in [0.25, 0.3) is 0 Å². The molecule has 182 valence electrons. The Bertz CT molecular complexity index is 1540. The largest absolute Gasteiger partial charge is 0.493 e. The van der Waals surface area contributed by atoms with E-state index in [0.717, 1.165) is 22.2 Å². The summed E-state index contributed by atoms with van der Waals surface area (Å²) in [5, 5.41) is 25.4. The average molecular weight is 505 g/mol. The number of hydrogen-bond acceptors (Lipinski definition) is 4. The van der Waals surface area contributed by atoms with Gasteiger partial charge in [-0.25, -0.2) is 9.37 Å². The number of carboxylic acids is 1. The van der Waals surface area contributed by atoms with Crippen LogP contribution < -0.4 is 0 Å². The summed E-state index contributed by atoms with van der Waals surface area (Å²) < 4.78 is 14.7. The molecule has 36 heavy (non-hydrogen) atoms. The van der Waals surface area contributed by atoms with E-state index in [1.807, 2.05) is 24.3 Å². The van der Waals surface area contributed by atoms with Gasteiger partial charge in [0, 0.05) is 22.6 Å². The summed E-state index contributed by atoms with van der Waals surface area (Å²) in [6.07, 6.45) is 1.50. The number of aryl methyl sites for hydroxylation is 2. The quantitative estimate of drug-likeness (QED) is 0.251. The number of carboxylic acid groups (broad SMARTS) is 1. The number of aromatic nitrogens is 4. The normalized spacial score (nSPS) is 11.3. The number of carbonyl (C=O) groups is 1. The van der Waals surface area contributed by atoms with E-state index < -0.39 is 5.97 Å². The molecular formula is C27H22ClFN4O3. The molecule has 2 aromatic heterocycles. The maximum absolute atomic E-state index is 13.3. The van der Waals surface area contributed by atoms with Gasteiger partial charge in [-0.1, -0.05) is 48.0 Å². The Balaban J connectivity index is 1.53.